The Morgan fingerprint density at radius 2 is 2.10 bits per heavy atom. The lowest BCUT2D eigenvalue weighted by molar-refractivity contribution is 0.0736. The van der Waals surface area contributed by atoms with Crippen LogP contribution in [0.1, 0.15) is 5.56 Å². The second-order valence-corrected chi connectivity index (χ2v) is 6.62. The van der Waals surface area contributed by atoms with Gasteiger partial charge in [-0.15, -0.1) is 0 Å². The maximum absolute atomic E-state index is 12.0. The molecule has 118 valence electrons. The van der Waals surface area contributed by atoms with Crippen LogP contribution in [0.4, 0.5) is 0 Å². The lowest BCUT2D eigenvalue weighted by Crippen LogP contribution is -2.28. The van der Waals surface area contributed by atoms with Crippen LogP contribution in [0.15, 0.2) is 23.1 Å². The van der Waals surface area contributed by atoms with Gasteiger partial charge in [-0.25, -0.2) is 13.1 Å². The quantitative estimate of drug-likeness (QED) is 0.507. The largest absolute Gasteiger partial charge is 0.389 e. The number of nitrogens with two attached hydrogens (primary N) is 1. The fraction of sp³-hybridized carbons (Fsp3) is 0.417. The van der Waals surface area contributed by atoms with E-state index in [-0.39, 0.29) is 28.1 Å². The molecule has 0 fully saturated rings. The molecule has 0 heterocycles. The number of sulfonamides is 1. The summed E-state index contributed by atoms with van der Waals surface area (Å²) in [7, 11) is -2.09. The van der Waals surface area contributed by atoms with E-state index in [1.54, 1.807) is 7.11 Å². The van der Waals surface area contributed by atoms with Gasteiger partial charge in [0.1, 0.15) is 4.99 Å². The number of rotatable bonds is 9. The maximum atomic E-state index is 12.0. The van der Waals surface area contributed by atoms with Crippen LogP contribution < -0.4 is 10.5 Å². The van der Waals surface area contributed by atoms with Crippen molar-refractivity contribution in [3.63, 3.8) is 0 Å². The van der Waals surface area contributed by atoms with Crippen LogP contribution in [0.5, 0.6) is 0 Å². The van der Waals surface area contributed by atoms with E-state index in [4.69, 9.17) is 39.0 Å². The first-order valence-corrected chi connectivity index (χ1v) is 8.31. The highest BCUT2D eigenvalue weighted by molar-refractivity contribution is 7.89. The zero-order valence-corrected chi connectivity index (χ0v) is 13.9. The number of hydrogen-bond acceptors (Lipinski definition) is 5. The topological polar surface area (TPSA) is 90.6 Å². The Labute approximate surface area is 134 Å². The van der Waals surface area contributed by atoms with Crippen molar-refractivity contribution in [3.05, 3.63) is 28.8 Å². The standard InChI is InChI=1S/C12H17ClN2O4S2/c1-18-6-7-19-5-4-15-21(16,17)9-2-3-10(12(14)20)11(13)8-9/h2-3,8,15H,4-7H2,1H3,(H2,14,20). The van der Waals surface area contributed by atoms with Crippen molar-refractivity contribution in [1.29, 1.82) is 0 Å². The number of hydrogen-bond donors (Lipinski definition) is 2. The average Bonchev–Trinajstić information content (AvgIpc) is 2.42. The summed E-state index contributed by atoms with van der Waals surface area (Å²) in [5, 5.41) is 0.196. The lowest BCUT2D eigenvalue weighted by atomic mass is 10.2. The minimum absolute atomic E-state index is 0.0457. The molecule has 0 saturated heterocycles. The molecule has 0 aromatic heterocycles. The van der Waals surface area contributed by atoms with Crippen LogP contribution >= 0.6 is 23.8 Å². The van der Waals surface area contributed by atoms with Crippen LogP contribution in [-0.4, -0.2) is 46.9 Å². The molecule has 1 aromatic rings. The molecule has 0 amide bonds. The molecule has 0 unspecified atom stereocenters. The van der Waals surface area contributed by atoms with Gasteiger partial charge < -0.3 is 15.2 Å². The van der Waals surface area contributed by atoms with Crippen molar-refractivity contribution in [2.45, 2.75) is 4.90 Å². The van der Waals surface area contributed by atoms with E-state index in [0.717, 1.165) is 0 Å². The van der Waals surface area contributed by atoms with Gasteiger partial charge in [0.2, 0.25) is 10.0 Å². The number of ether oxygens (including phenoxy) is 2. The molecule has 9 heteroatoms. The molecule has 0 bridgehead atoms. The molecule has 0 atom stereocenters. The third-order valence-electron chi connectivity index (χ3n) is 2.49. The summed E-state index contributed by atoms with van der Waals surface area (Å²) in [4.78, 5) is 0.160. The predicted octanol–water partition coefficient (Wildman–Crippen LogP) is 0.916. The van der Waals surface area contributed by atoms with Crippen LogP contribution in [-0.2, 0) is 19.5 Å². The highest BCUT2D eigenvalue weighted by atomic mass is 35.5. The Bertz CT molecular complexity index is 593. The molecule has 1 aromatic carbocycles. The monoisotopic (exact) mass is 352 g/mol. The van der Waals surface area contributed by atoms with Gasteiger partial charge in [-0.2, -0.15) is 0 Å². The number of benzene rings is 1. The van der Waals surface area contributed by atoms with Crippen LogP contribution in [0.25, 0.3) is 0 Å². The van der Waals surface area contributed by atoms with E-state index in [1.165, 1.54) is 18.2 Å². The fourth-order valence-corrected chi connectivity index (χ4v) is 3.06. The summed E-state index contributed by atoms with van der Waals surface area (Å²) in [5.41, 5.74) is 5.91. The number of methoxy groups -OCH3 is 1. The molecule has 0 radical (unpaired) electrons. The SMILES string of the molecule is COCCOCCNS(=O)(=O)c1ccc(C(N)=S)c(Cl)c1. The van der Waals surface area contributed by atoms with Crippen LogP contribution in [0.3, 0.4) is 0 Å². The zero-order chi connectivity index (χ0) is 15.9. The molecule has 21 heavy (non-hydrogen) atoms. The lowest BCUT2D eigenvalue weighted by Gasteiger charge is -2.09. The van der Waals surface area contributed by atoms with Gasteiger partial charge in [0.15, 0.2) is 0 Å². The minimum atomic E-state index is -3.65. The van der Waals surface area contributed by atoms with Crippen molar-refractivity contribution in [3.8, 4) is 0 Å². The Balaban J connectivity index is 2.62. The van der Waals surface area contributed by atoms with Crippen LogP contribution in [0.2, 0.25) is 5.02 Å². The summed E-state index contributed by atoms with van der Waals surface area (Å²) in [6.45, 7) is 1.28. The third kappa shape index (κ3) is 5.85. The van der Waals surface area contributed by atoms with Gasteiger partial charge >= 0.3 is 0 Å². The molecular weight excluding hydrogens is 336 g/mol. The number of nitrogens with one attached hydrogen (secondary N) is 1. The Morgan fingerprint density at radius 1 is 1.38 bits per heavy atom. The van der Waals surface area contributed by atoms with E-state index in [0.29, 0.717) is 18.8 Å². The normalized spacial score (nSPS) is 11.5. The van der Waals surface area contributed by atoms with Crippen molar-refractivity contribution in [2.24, 2.45) is 5.73 Å². The van der Waals surface area contributed by atoms with Gasteiger partial charge in [0.25, 0.3) is 0 Å². The summed E-state index contributed by atoms with van der Waals surface area (Å²) in [6, 6.07) is 4.19. The van der Waals surface area contributed by atoms with Gasteiger partial charge in [0, 0.05) is 19.2 Å². The Morgan fingerprint density at radius 3 is 2.67 bits per heavy atom. The van der Waals surface area contributed by atoms with Crippen molar-refractivity contribution >= 4 is 38.8 Å². The highest BCUT2D eigenvalue weighted by Gasteiger charge is 2.15. The molecule has 0 aliphatic rings. The summed E-state index contributed by atoms with van der Waals surface area (Å²) >= 11 is 10.8. The van der Waals surface area contributed by atoms with E-state index >= 15 is 0 Å². The minimum Gasteiger partial charge on any atom is -0.389 e. The van der Waals surface area contributed by atoms with Gasteiger partial charge in [-0.05, 0) is 18.2 Å². The van der Waals surface area contributed by atoms with Crippen molar-refractivity contribution < 1.29 is 17.9 Å². The smallest absolute Gasteiger partial charge is 0.240 e. The molecule has 1 rings (SSSR count). The first kappa shape index (κ1) is 18.3. The van der Waals surface area contributed by atoms with Crippen molar-refractivity contribution in [2.75, 3.05) is 33.5 Å². The second-order valence-electron chi connectivity index (χ2n) is 4.01. The molecular formula is C12H17ClN2O4S2. The molecule has 0 saturated carbocycles. The average molecular weight is 353 g/mol. The first-order valence-electron chi connectivity index (χ1n) is 6.04. The molecule has 3 N–H and O–H groups in total. The Kier molecular flexibility index (Phi) is 7.50. The highest BCUT2D eigenvalue weighted by Crippen LogP contribution is 2.20. The van der Waals surface area contributed by atoms with E-state index in [9.17, 15) is 8.42 Å². The fourth-order valence-electron chi connectivity index (χ4n) is 1.44. The first-order chi connectivity index (χ1) is 9.88. The zero-order valence-electron chi connectivity index (χ0n) is 11.5. The van der Waals surface area contributed by atoms with E-state index in [1.807, 2.05) is 0 Å². The molecule has 0 aliphatic carbocycles. The van der Waals surface area contributed by atoms with Crippen LogP contribution in [0, 0.1) is 0 Å². The second kappa shape index (κ2) is 8.62. The van der Waals surface area contributed by atoms with E-state index < -0.39 is 10.0 Å². The summed E-state index contributed by atoms with van der Waals surface area (Å²) < 4.78 is 36.5. The molecule has 0 spiro atoms. The summed E-state index contributed by atoms with van der Waals surface area (Å²) in [5.74, 6) is 0. The van der Waals surface area contributed by atoms with Crippen molar-refractivity contribution in [1.82, 2.24) is 4.72 Å². The van der Waals surface area contributed by atoms with Gasteiger partial charge in [-0.1, -0.05) is 23.8 Å². The molecule has 0 aliphatic heterocycles. The van der Waals surface area contributed by atoms with Gasteiger partial charge in [0.05, 0.1) is 29.7 Å². The van der Waals surface area contributed by atoms with Gasteiger partial charge in [-0.3, -0.25) is 0 Å². The maximum Gasteiger partial charge on any atom is 0.240 e. The number of thiocarbonyl (C=S) groups is 1. The number of halogens is 1. The summed E-state index contributed by atoms with van der Waals surface area (Å²) in [6.07, 6.45) is 0. The van der Waals surface area contributed by atoms with E-state index in [2.05, 4.69) is 4.72 Å². The predicted molar refractivity (Wildman–Crippen MR) is 85.2 cm³/mol. The Hall–Kier alpha value is -0.770. The molecule has 6 nitrogen and oxygen atoms in total. The third-order valence-corrected chi connectivity index (χ3v) is 4.48.